The van der Waals surface area contributed by atoms with E-state index in [9.17, 15) is 0 Å². The molecule has 2 aliphatic rings. The van der Waals surface area contributed by atoms with Gasteiger partial charge in [0.2, 0.25) is 5.95 Å². The number of anilines is 1. The van der Waals surface area contributed by atoms with Crippen LogP contribution in [-0.2, 0) is 16.0 Å². The SMILES string of the molecule is COc1ccccc1-c1nnc(N2C[C@@H](C)O[C@@H](C)C2)n1C[C@@H]1CCCCO1. The molecule has 7 nitrogen and oxygen atoms in total. The Morgan fingerprint density at radius 2 is 1.89 bits per heavy atom. The molecule has 0 spiro atoms. The summed E-state index contributed by atoms with van der Waals surface area (Å²) in [6.07, 6.45) is 3.93. The molecule has 28 heavy (non-hydrogen) atoms. The van der Waals surface area contributed by atoms with Crippen molar-refractivity contribution in [2.24, 2.45) is 0 Å². The molecule has 1 aromatic heterocycles. The molecule has 0 unspecified atom stereocenters. The summed E-state index contributed by atoms with van der Waals surface area (Å²) in [4.78, 5) is 2.29. The van der Waals surface area contributed by atoms with Gasteiger partial charge in [-0.1, -0.05) is 12.1 Å². The van der Waals surface area contributed by atoms with Gasteiger partial charge in [-0.25, -0.2) is 0 Å². The standard InChI is InChI=1S/C21H30N4O3/c1-15-12-24(13-16(2)28-15)21-23-22-20(18-9-4-5-10-19(18)26-3)25(21)14-17-8-6-7-11-27-17/h4-5,9-10,15-17H,6-8,11-14H2,1-3H3/t15-,16+,17-/m0/s1. The predicted octanol–water partition coefficient (Wildman–Crippen LogP) is 3.14. The molecule has 3 heterocycles. The second-order valence-corrected chi connectivity index (χ2v) is 7.79. The Labute approximate surface area is 166 Å². The van der Waals surface area contributed by atoms with E-state index in [1.165, 1.54) is 6.42 Å². The minimum absolute atomic E-state index is 0.162. The van der Waals surface area contributed by atoms with Crippen LogP contribution in [-0.4, -0.2) is 59.9 Å². The molecule has 4 rings (SSSR count). The highest BCUT2D eigenvalue weighted by Crippen LogP contribution is 2.32. The lowest BCUT2D eigenvalue weighted by Gasteiger charge is -2.36. The van der Waals surface area contributed by atoms with E-state index >= 15 is 0 Å². The van der Waals surface area contributed by atoms with E-state index < -0.39 is 0 Å². The lowest BCUT2D eigenvalue weighted by Crippen LogP contribution is -2.46. The molecule has 0 saturated carbocycles. The van der Waals surface area contributed by atoms with Crippen LogP contribution in [0.25, 0.3) is 11.4 Å². The first-order valence-corrected chi connectivity index (χ1v) is 10.2. The van der Waals surface area contributed by atoms with Crippen molar-refractivity contribution in [3.8, 4) is 17.1 Å². The first kappa shape index (κ1) is 19.2. The van der Waals surface area contributed by atoms with Crippen LogP contribution < -0.4 is 9.64 Å². The number of ether oxygens (including phenoxy) is 3. The van der Waals surface area contributed by atoms with Gasteiger partial charge < -0.3 is 19.1 Å². The summed E-state index contributed by atoms with van der Waals surface area (Å²) >= 11 is 0. The van der Waals surface area contributed by atoms with Crippen molar-refractivity contribution in [1.82, 2.24) is 14.8 Å². The summed E-state index contributed by atoms with van der Waals surface area (Å²) < 4.78 is 19.7. The van der Waals surface area contributed by atoms with Crippen molar-refractivity contribution < 1.29 is 14.2 Å². The third-order valence-corrected chi connectivity index (χ3v) is 5.44. The van der Waals surface area contributed by atoms with Gasteiger partial charge in [0.05, 0.1) is 37.5 Å². The number of methoxy groups -OCH3 is 1. The van der Waals surface area contributed by atoms with E-state index in [1.807, 2.05) is 24.3 Å². The van der Waals surface area contributed by atoms with Crippen LogP contribution in [0.4, 0.5) is 5.95 Å². The van der Waals surface area contributed by atoms with Gasteiger partial charge in [-0.15, -0.1) is 10.2 Å². The molecular weight excluding hydrogens is 356 g/mol. The first-order chi connectivity index (χ1) is 13.7. The molecule has 7 heteroatoms. The van der Waals surface area contributed by atoms with Crippen molar-refractivity contribution >= 4 is 5.95 Å². The fourth-order valence-corrected chi connectivity index (χ4v) is 4.22. The Balaban J connectivity index is 1.72. The average molecular weight is 386 g/mol. The highest BCUT2D eigenvalue weighted by atomic mass is 16.5. The molecule has 2 saturated heterocycles. The van der Waals surface area contributed by atoms with E-state index in [1.54, 1.807) is 7.11 Å². The quantitative estimate of drug-likeness (QED) is 0.787. The second kappa shape index (κ2) is 8.49. The maximum atomic E-state index is 6.03. The number of benzene rings is 1. The Bertz CT molecular complexity index is 778. The molecule has 0 amide bonds. The fraction of sp³-hybridized carbons (Fsp3) is 0.619. The van der Waals surface area contributed by atoms with Gasteiger partial charge in [0, 0.05) is 19.7 Å². The average Bonchev–Trinajstić information content (AvgIpc) is 3.11. The molecule has 0 radical (unpaired) electrons. The van der Waals surface area contributed by atoms with Gasteiger partial charge >= 0.3 is 0 Å². The molecule has 3 atom stereocenters. The Morgan fingerprint density at radius 3 is 2.61 bits per heavy atom. The zero-order valence-corrected chi connectivity index (χ0v) is 17.0. The fourth-order valence-electron chi connectivity index (χ4n) is 4.22. The lowest BCUT2D eigenvalue weighted by atomic mass is 10.1. The minimum atomic E-state index is 0.162. The third-order valence-electron chi connectivity index (χ3n) is 5.44. The largest absolute Gasteiger partial charge is 0.496 e. The molecule has 0 bridgehead atoms. The summed E-state index contributed by atoms with van der Waals surface area (Å²) in [5.41, 5.74) is 0.953. The van der Waals surface area contributed by atoms with Gasteiger partial charge in [0.1, 0.15) is 5.75 Å². The molecule has 2 aliphatic heterocycles. The van der Waals surface area contributed by atoms with E-state index in [4.69, 9.17) is 14.2 Å². The Morgan fingerprint density at radius 1 is 1.11 bits per heavy atom. The molecule has 2 fully saturated rings. The van der Waals surface area contributed by atoms with E-state index in [0.717, 1.165) is 62.2 Å². The van der Waals surface area contributed by atoms with Crippen molar-refractivity contribution in [3.05, 3.63) is 24.3 Å². The normalized spacial score (nSPS) is 25.7. The second-order valence-electron chi connectivity index (χ2n) is 7.79. The molecule has 152 valence electrons. The third kappa shape index (κ3) is 4.00. The Hall–Kier alpha value is -2.12. The van der Waals surface area contributed by atoms with Crippen molar-refractivity contribution in [2.45, 2.75) is 58.0 Å². The lowest BCUT2D eigenvalue weighted by molar-refractivity contribution is -0.00699. The monoisotopic (exact) mass is 386 g/mol. The zero-order chi connectivity index (χ0) is 19.5. The predicted molar refractivity (Wildman–Crippen MR) is 108 cm³/mol. The molecular formula is C21H30N4O3. The van der Waals surface area contributed by atoms with Crippen LogP contribution in [0.2, 0.25) is 0 Å². The van der Waals surface area contributed by atoms with E-state index in [-0.39, 0.29) is 18.3 Å². The van der Waals surface area contributed by atoms with Crippen molar-refractivity contribution in [2.75, 3.05) is 31.7 Å². The summed E-state index contributed by atoms with van der Waals surface area (Å²) in [5.74, 6) is 2.52. The topological polar surface area (TPSA) is 61.6 Å². The van der Waals surface area contributed by atoms with E-state index in [2.05, 4.69) is 33.5 Å². The Kier molecular flexibility index (Phi) is 5.82. The number of hydrogen-bond acceptors (Lipinski definition) is 6. The number of hydrogen-bond donors (Lipinski definition) is 0. The molecule has 0 aliphatic carbocycles. The summed E-state index contributed by atoms with van der Waals surface area (Å²) in [6, 6.07) is 7.98. The number of aromatic nitrogens is 3. The summed E-state index contributed by atoms with van der Waals surface area (Å²) in [5, 5.41) is 9.18. The van der Waals surface area contributed by atoms with Gasteiger partial charge in [0.25, 0.3) is 0 Å². The van der Waals surface area contributed by atoms with Crippen LogP contribution >= 0.6 is 0 Å². The van der Waals surface area contributed by atoms with Gasteiger partial charge in [-0.3, -0.25) is 4.57 Å². The highest BCUT2D eigenvalue weighted by molar-refractivity contribution is 5.65. The van der Waals surface area contributed by atoms with E-state index in [0.29, 0.717) is 0 Å². The smallest absolute Gasteiger partial charge is 0.227 e. The minimum Gasteiger partial charge on any atom is -0.496 e. The van der Waals surface area contributed by atoms with Gasteiger partial charge in [-0.2, -0.15) is 0 Å². The van der Waals surface area contributed by atoms with Crippen LogP contribution in [0.3, 0.4) is 0 Å². The zero-order valence-electron chi connectivity index (χ0n) is 17.0. The maximum absolute atomic E-state index is 6.03. The van der Waals surface area contributed by atoms with Crippen LogP contribution in [0, 0.1) is 0 Å². The first-order valence-electron chi connectivity index (χ1n) is 10.2. The van der Waals surface area contributed by atoms with Crippen molar-refractivity contribution in [3.63, 3.8) is 0 Å². The number of nitrogens with zero attached hydrogens (tertiary/aromatic N) is 4. The summed E-state index contributed by atoms with van der Waals surface area (Å²) in [6.45, 7) is 7.40. The van der Waals surface area contributed by atoms with Gasteiger partial charge in [-0.05, 0) is 45.2 Å². The number of morpholine rings is 1. The van der Waals surface area contributed by atoms with Crippen molar-refractivity contribution in [1.29, 1.82) is 0 Å². The summed E-state index contributed by atoms with van der Waals surface area (Å²) in [7, 11) is 1.69. The molecule has 1 aromatic carbocycles. The molecule has 2 aromatic rings. The van der Waals surface area contributed by atoms with Gasteiger partial charge in [0.15, 0.2) is 5.82 Å². The highest BCUT2D eigenvalue weighted by Gasteiger charge is 2.29. The maximum Gasteiger partial charge on any atom is 0.227 e. The number of rotatable bonds is 5. The van der Waals surface area contributed by atoms with Crippen LogP contribution in [0.5, 0.6) is 5.75 Å². The number of para-hydroxylation sites is 1. The van der Waals surface area contributed by atoms with Crippen LogP contribution in [0.1, 0.15) is 33.1 Å². The molecule has 0 N–H and O–H groups in total. The van der Waals surface area contributed by atoms with Crippen LogP contribution in [0.15, 0.2) is 24.3 Å².